The zero-order chi connectivity index (χ0) is 14.5. The standard InChI is InChI=1S/C16H25N3O/c1-18(2)16(20)10-9-14-7-4-8-15(17-14)13-6-5-11-19(3)12-13/h4,7-8,13H,5-6,9-12H2,1-3H3/t13-/m1/s1. The lowest BCUT2D eigenvalue weighted by Crippen LogP contribution is -2.31. The van der Waals surface area contributed by atoms with Crippen LogP contribution in [0.1, 0.15) is 36.6 Å². The third-order valence-electron chi connectivity index (χ3n) is 3.96. The van der Waals surface area contributed by atoms with Crippen molar-refractivity contribution in [2.24, 2.45) is 0 Å². The fourth-order valence-electron chi connectivity index (χ4n) is 2.73. The summed E-state index contributed by atoms with van der Waals surface area (Å²) in [6.07, 6.45) is 3.73. The maximum Gasteiger partial charge on any atom is 0.222 e. The van der Waals surface area contributed by atoms with Crippen LogP contribution in [0.2, 0.25) is 0 Å². The molecule has 1 atom stereocenters. The van der Waals surface area contributed by atoms with E-state index in [4.69, 9.17) is 4.98 Å². The minimum atomic E-state index is 0.162. The second-order valence-corrected chi connectivity index (χ2v) is 5.94. The van der Waals surface area contributed by atoms with Gasteiger partial charge in [0.25, 0.3) is 0 Å². The lowest BCUT2D eigenvalue weighted by Gasteiger charge is -2.29. The van der Waals surface area contributed by atoms with Crippen molar-refractivity contribution in [3.05, 3.63) is 29.6 Å². The predicted molar refractivity (Wildman–Crippen MR) is 80.7 cm³/mol. The van der Waals surface area contributed by atoms with Crippen LogP contribution in [0.15, 0.2) is 18.2 Å². The van der Waals surface area contributed by atoms with Gasteiger partial charge in [0.15, 0.2) is 0 Å². The van der Waals surface area contributed by atoms with E-state index in [1.807, 2.05) is 6.07 Å². The molecule has 0 bridgehead atoms. The number of hydrogen-bond donors (Lipinski definition) is 0. The van der Waals surface area contributed by atoms with E-state index in [1.54, 1.807) is 19.0 Å². The Hall–Kier alpha value is -1.42. The average molecular weight is 275 g/mol. The molecule has 1 aromatic rings. The number of amides is 1. The fraction of sp³-hybridized carbons (Fsp3) is 0.625. The molecule has 0 aliphatic carbocycles. The molecule has 1 aliphatic rings. The number of aryl methyl sites for hydroxylation is 1. The van der Waals surface area contributed by atoms with Crippen LogP contribution in [0.3, 0.4) is 0 Å². The van der Waals surface area contributed by atoms with Gasteiger partial charge in [-0.1, -0.05) is 6.07 Å². The van der Waals surface area contributed by atoms with Gasteiger partial charge in [-0.3, -0.25) is 9.78 Å². The summed E-state index contributed by atoms with van der Waals surface area (Å²) >= 11 is 0. The molecule has 4 nitrogen and oxygen atoms in total. The summed E-state index contributed by atoms with van der Waals surface area (Å²) in [5, 5.41) is 0. The van der Waals surface area contributed by atoms with Crippen molar-refractivity contribution in [3.63, 3.8) is 0 Å². The largest absolute Gasteiger partial charge is 0.349 e. The molecule has 2 rings (SSSR count). The molecule has 0 spiro atoms. The van der Waals surface area contributed by atoms with Crippen molar-refractivity contribution >= 4 is 5.91 Å². The van der Waals surface area contributed by atoms with E-state index < -0.39 is 0 Å². The van der Waals surface area contributed by atoms with Crippen LogP contribution >= 0.6 is 0 Å². The van der Waals surface area contributed by atoms with E-state index >= 15 is 0 Å². The number of hydrogen-bond acceptors (Lipinski definition) is 3. The van der Waals surface area contributed by atoms with E-state index in [1.165, 1.54) is 25.1 Å². The Labute approximate surface area is 121 Å². The molecule has 110 valence electrons. The first kappa shape index (κ1) is 15.0. The second kappa shape index (κ2) is 6.84. The van der Waals surface area contributed by atoms with Crippen molar-refractivity contribution in [1.29, 1.82) is 0 Å². The van der Waals surface area contributed by atoms with Gasteiger partial charge in [0, 0.05) is 44.4 Å². The molecule has 1 fully saturated rings. The van der Waals surface area contributed by atoms with Crippen molar-refractivity contribution < 1.29 is 4.79 Å². The summed E-state index contributed by atoms with van der Waals surface area (Å²) < 4.78 is 0. The first-order chi connectivity index (χ1) is 9.56. The molecule has 2 heterocycles. The lowest BCUT2D eigenvalue weighted by molar-refractivity contribution is -0.128. The van der Waals surface area contributed by atoms with Crippen LogP contribution in [0.5, 0.6) is 0 Å². The van der Waals surface area contributed by atoms with Gasteiger partial charge in [0.2, 0.25) is 5.91 Å². The number of likely N-dealkylation sites (tertiary alicyclic amines) is 1. The number of likely N-dealkylation sites (N-methyl/N-ethyl adjacent to an activating group) is 1. The van der Waals surface area contributed by atoms with Crippen molar-refractivity contribution in [2.45, 2.75) is 31.6 Å². The summed E-state index contributed by atoms with van der Waals surface area (Å²) in [7, 11) is 5.76. The molecule has 0 saturated carbocycles. The number of nitrogens with zero attached hydrogens (tertiary/aromatic N) is 3. The Balaban J connectivity index is 1.98. The first-order valence-electron chi connectivity index (χ1n) is 7.41. The highest BCUT2D eigenvalue weighted by Crippen LogP contribution is 2.24. The van der Waals surface area contributed by atoms with Gasteiger partial charge in [-0.25, -0.2) is 0 Å². The average Bonchev–Trinajstić information content (AvgIpc) is 2.45. The van der Waals surface area contributed by atoms with Gasteiger partial charge in [0.05, 0.1) is 0 Å². The quantitative estimate of drug-likeness (QED) is 0.842. The van der Waals surface area contributed by atoms with Crippen molar-refractivity contribution in [1.82, 2.24) is 14.8 Å². The van der Waals surface area contributed by atoms with Crippen LogP contribution < -0.4 is 0 Å². The number of aromatic nitrogens is 1. The van der Waals surface area contributed by atoms with Gasteiger partial charge >= 0.3 is 0 Å². The fourth-order valence-corrected chi connectivity index (χ4v) is 2.73. The van der Waals surface area contributed by atoms with E-state index in [0.29, 0.717) is 12.3 Å². The molecule has 0 radical (unpaired) electrons. The van der Waals surface area contributed by atoms with E-state index in [0.717, 1.165) is 18.7 Å². The molecule has 1 amide bonds. The number of pyridine rings is 1. The molecule has 4 heteroatoms. The van der Waals surface area contributed by atoms with Crippen LogP contribution in [-0.4, -0.2) is 54.9 Å². The summed E-state index contributed by atoms with van der Waals surface area (Å²) in [4.78, 5) is 20.4. The van der Waals surface area contributed by atoms with Crippen molar-refractivity contribution in [2.75, 3.05) is 34.2 Å². The van der Waals surface area contributed by atoms with E-state index in [9.17, 15) is 4.79 Å². The minimum absolute atomic E-state index is 0.162. The molecule has 1 aliphatic heterocycles. The zero-order valence-electron chi connectivity index (χ0n) is 12.8. The van der Waals surface area contributed by atoms with Crippen LogP contribution in [0, 0.1) is 0 Å². The Morgan fingerprint density at radius 2 is 2.25 bits per heavy atom. The molecule has 1 saturated heterocycles. The minimum Gasteiger partial charge on any atom is -0.349 e. The Bertz CT molecular complexity index is 459. The number of carbonyl (C=O) groups is 1. The molecule has 0 aromatic carbocycles. The third kappa shape index (κ3) is 4.04. The summed E-state index contributed by atoms with van der Waals surface area (Å²) in [6, 6.07) is 6.23. The highest BCUT2D eigenvalue weighted by atomic mass is 16.2. The first-order valence-corrected chi connectivity index (χ1v) is 7.41. The lowest BCUT2D eigenvalue weighted by atomic mass is 9.94. The highest BCUT2D eigenvalue weighted by molar-refractivity contribution is 5.75. The van der Waals surface area contributed by atoms with Gasteiger partial charge in [-0.2, -0.15) is 0 Å². The van der Waals surface area contributed by atoms with E-state index in [2.05, 4.69) is 24.1 Å². The Morgan fingerprint density at radius 1 is 1.45 bits per heavy atom. The molecular formula is C16H25N3O. The third-order valence-corrected chi connectivity index (χ3v) is 3.96. The summed E-state index contributed by atoms with van der Waals surface area (Å²) in [5.41, 5.74) is 2.22. The monoisotopic (exact) mass is 275 g/mol. The van der Waals surface area contributed by atoms with Crippen molar-refractivity contribution in [3.8, 4) is 0 Å². The van der Waals surface area contributed by atoms with Gasteiger partial charge in [-0.05, 0) is 45.0 Å². The molecule has 0 N–H and O–H groups in total. The van der Waals surface area contributed by atoms with Gasteiger partial charge < -0.3 is 9.80 Å². The van der Waals surface area contributed by atoms with Gasteiger partial charge in [-0.15, -0.1) is 0 Å². The van der Waals surface area contributed by atoms with Crippen LogP contribution in [-0.2, 0) is 11.2 Å². The molecule has 0 unspecified atom stereocenters. The molecule has 1 aromatic heterocycles. The maximum atomic E-state index is 11.6. The Kier molecular flexibility index (Phi) is 5.12. The maximum absolute atomic E-state index is 11.6. The highest BCUT2D eigenvalue weighted by Gasteiger charge is 2.20. The predicted octanol–water partition coefficient (Wildman–Crippen LogP) is 1.91. The summed E-state index contributed by atoms with van der Waals surface area (Å²) in [6.45, 7) is 2.28. The smallest absolute Gasteiger partial charge is 0.222 e. The number of rotatable bonds is 4. The van der Waals surface area contributed by atoms with E-state index in [-0.39, 0.29) is 5.91 Å². The second-order valence-electron chi connectivity index (χ2n) is 5.94. The Morgan fingerprint density at radius 3 is 2.95 bits per heavy atom. The number of carbonyl (C=O) groups excluding carboxylic acids is 1. The molecule has 20 heavy (non-hydrogen) atoms. The van der Waals surface area contributed by atoms with Gasteiger partial charge in [0.1, 0.15) is 0 Å². The SMILES string of the molecule is CN1CCC[C@@H](c2cccc(CCC(=O)N(C)C)n2)C1. The van der Waals surface area contributed by atoms with Crippen LogP contribution in [0.25, 0.3) is 0 Å². The zero-order valence-corrected chi connectivity index (χ0v) is 12.8. The number of piperidine rings is 1. The normalized spacial score (nSPS) is 19.9. The summed E-state index contributed by atoms with van der Waals surface area (Å²) in [5.74, 6) is 0.702. The topological polar surface area (TPSA) is 36.4 Å². The van der Waals surface area contributed by atoms with Crippen LogP contribution in [0.4, 0.5) is 0 Å². The molecular weight excluding hydrogens is 250 g/mol.